The fraction of sp³-hybridized carbons (Fsp3) is 0.0769. The summed E-state index contributed by atoms with van der Waals surface area (Å²) in [6, 6.07) is 9.03. The number of benzene rings is 2. The minimum absolute atomic E-state index is 0.245. The first-order valence-electron chi connectivity index (χ1n) is 5.98. The summed E-state index contributed by atoms with van der Waals surface area (Å²) in [4.78, 5) is 9.56. The van der Waals surface area contributed by atoms with Crippen LogP contribution in [0.2, 0.25) is 0 Å². The minimum Gasteiger partial charge on any atom is -0.502 e. The Bertz CT molecular complexity index is 819. The molecule has 0 unspecified atom stereocenters. The van der Waals surface area contributed by atoms with Gasteiger partial charge in [-0.1, -0.05) is 6.07 Å². The van der Waals surface area contributed by atoms with Crippen LogP contribution in [0.25, 0.3) is 0 Å². The highest BCUT2D eigenvalue weighted by Crippen LogP contribution is 2.29. The minimum atomic E-state index is -4.03. The lowest BCUT2D eigenvalue weighted by molar-refractivity contribution is -0.386. The maximum atomic E-state index is 12.2. The van der Waals surface area contributed by atoms with Gasteiger partial charge < -0.3 is 9.84 Å². The van der Waals surface area contributed by atoms with Gasteiger partial charge in [0.05, 0.1) is 22.6 Å². The molecule has 0 bridgehead atoms. The number of ether oxygens (including phenoxy) is 1. The van der Waals surface area contributed by atoms with Gasteiger partial charge in [0.1, 0.15) is 5.75 Å². The van der Waals surface area contributed by atoms with Gasteiger partial charge in [-0.15, -0.1) is 0 Å². The fourth-order valence-electron chi connectivity index (χ4n) is 1.72. The first-order chi connectivity index (χ1) is 10.3. The van der Waals surface area contributed by atoms with Crippen molar-refractivity contribution in [1.82, 2.24) is 0 Å². The highest BCUT2D eigenvalue weighted by molar-refractivity contribution is 7.92. The summed E-state index contributed by atoms with van der Waals surface area (Å²) in [6.07, 6.45) is 0. The van der Waals surface area contributed by atoms with Gasteiger partial charge in [-0.3, -0.25) is 14.8 Å². The second-order valence-electron chi connectivity index (χ2n) is 4.25. The van der Waals surface area contributed by atoms with Crippen LogP contribution in [-0.4, -0.2) is 25.6 Å². The summed E-state index contributed by atoms with van der Waals surface area (Å²) >= 11 is 0. The largest absolute Gasteiger partial charge is 0.502 e. The second-order valence-corrected chi connectivity index (χ2v) is 5.93. The van der Waals surface area contributed by atoms with E-state index in [0.29, 0.717) is 5.75 Å². The molecule has 2 aromatic carbocycles. The molecule has 0 aromatic heterocycles. The number of phenolic OH excluding ortho intramolecular Hbond substituents is 1. The molecule has 8 nitrogen and oxygen atoms in total. The predicted octanol–water partition coefficient (Wildman–Crippen LogP) is 2.11. The molecule has 0 saturated carbocycles. The zero-order valence-corrected chi connectivity index (χ0v) is 12.2. The molecule has 0 aliphatic rings. The van der Waals surface area contributed by atoms with Crippen LogP contribution in [0, 0.1) is 10.1 Å². The number of nitrogens with zero attached hydrogens (tertiary/aromatic N) is 1. The zero-order valence-electron chi connectivity index (χ0n) is 11.4. The number of hydrogen-bond donors (Lipinski definition) is 2. The monoisotopic (exact) mass is 324 g/mol. The van der Waals surface area contributed by atoms with Gasteiger partial charge in [0.25, 0.3) is 10.0 Å². The Morgan fingerprint density at radius 2 is 1.95 bits per heavy atom. The standard InChI is InChI=1S/C13H12N2O6S/c1-21-10-4-2-3-9(7-10)14-22(19,20)11-5-6-13(16)12(8-11)15(17)18/h2-8,14,16H,1H3. The summed E-state index contributed by atoms with van der Waals surface area (Å²) in [5, 5.41) is 20.1. The van der Waals surface area contributed by atoms with Gasteiger partial charge in [-0.2, -0.15) is 0 Å². The number of aromatic hydroxyl groups is 1. The molecule has 0 atom stereocenters. The highest BCUT2D eigenvalue weighted by atomic mass is 32.2. The second kappa shape index (κ2) is 5.90. The molecular weight excluding hydrogens is 312 g/mol. The average molecular weight is 324 g/mol. The van der Waals surface area contributed by atoms with E-state index in [2.05, 4.69) is 4.72 Å². The number of nitro benzene ring substituents is 1. The number of anilines is 1. The van der Waals surface area contributed by atoms with Crippen molar-refractivity contribution in [3.05, 3.63) is 52.6 Å². The molecular formula is C13H12N2O6S. The first-order valence-corrected chi connectivity index (χ1v) is 7.46. The van der Waals surface area contributed by atoms with Crippen LogP contribution in [0.15, 0.2) is 47.4 Å². The molecule has 22 heavy (non-hydrogen) atoms. The van der Waals surface area contributed by atoms with Crippen LogP contribution in [0.4, 0.5) is 11.4 Å². The number of phenols is 1. The van der Waals surface area contributed by atoms with E-state index in [1.807, 2.05) is 0 Å². The predicted molar refractivity (Wildman–Crippen MR) is 78.6 cm³/mol. The van der Waals surface area contributed by atoms with Gasteiger partial charge in [-0.05, 0) is 24.3 Å². The quantitative estimate of drug-likeness (QED) is 0.642. The lowest BCUT2D eigenvalue weighted by Crippen LogP contribution is -2.13. The normalized spacial score (nSPS) is 11.0. The number of nitro groups is 1. The van der Waals surface area contributed by atoms with Crippen LogP contribution >= 0.6 is 0 Å². The third-order valence-electron chi connectivity index (χ3n) is 2.78. The summed E-state index contributed by atoms with van der Waals surface area (Å²) in [5.74, 6) is -0.151. The lowest BCUT2D eigenvalue weighted by atomic mass is 10.3. The van der Waals surface area contributed by atoms with E-state index in [9.17, 15) is 23.6 Å². The molecule has 0 aliphatic heterocycles. The van der Waals surface area contributed by atoms with Crippen LogP contribution in [0.3, 0.4) is 0 Å². The Morgan fingerprint density at radius 3 is 2.59 bits per heavy atom. The Kier molecular flexibility index (Phi) is 4.18. The van der Waals surface area contributed by atoms with E-state index in [0.717, 1.165) is 18.2 Å². The Labute approximate surface area is 126 Å². The van der Waals surface area contributed by atoms with E-state index in [1.165, 1.54) is 19.2 Å². The molecule has 0 aliphatic carbocycles. The van der Waals surface area contributed by atoms with Crippen LogP contribution < -0.4 is 9.46 Å². The first kappa shape index (κ1) is 15.6. The summed E-state index contributed by atoms with van der Waals surface area (Å²) in [6.45, 7) is 0. The van der Waals surface area contributed by atoms with Crippen molar-refractivity contribution in [2.75, 3.05) is 11.8 Å². The Morgan fingerprint density at radius 1 is 1.23 bits per heavy atom. The number of nitrogens with one attached hydrogen (secondary N) is 1. The van der Waals surface area contributed by atoms with Gasteiger partial charge in [-0.25, -0.2) is 8.42 Å². The number of methoxy groups -OCH3 is 1. The van der Waals surface area contributed by atoms with Gasteiger partial charge in [0.15, 0.2) is 5.75 Å². The molecule has 2 N–H and O–H groups in total. The van der Waals surface area contributed by atoms with Crippen molar-refractivity contribution < 1.29 is 23.2 Å². The van der Waals surface area contributed by atoms with Crippen LogP contribution in [0.1, 0.15) is 0 Å². The topological polar surface area (TPSA) is 119 Å². The van der Waals surface area contributed by atoms with Crippen molar-refractivity contribution in [1.29, 1.82) is 0 Å². The lowest BCUT2D eigenvalue weighted by Gasteiger charge is -2.09. The summed E-state index contributed by atoms with van der Waals surface area (Å²) < 4.78 is 31.7. The van der Waals surface area contributed by atoms with E-state index >= 15 is 0 Å². The molecule has 2 rings (SSSR count). The van der Waals surface area contributed by atoms with E-state index in [-0.39, 0.29) is 10.6 Å². The van der Waals surface area contributed by atoms with Crippen molar-refractivity contribution in [2.45, 2.75) is 4.90 Å². The van der Waals surface area contributed by atoms with Gasteiger partial charge >= 0.3 is 5.69 Å². The fourth-order valence-corrected chi connectivity index (χ4v) is 2.79. The molecule has 0 amide bonds. The van der Waals surface area contributed by atoms with Crippen molar-refractivity contribution in [2.24, 2.45) is 0 Å². The number of hydrogen-bond acceptors (Lipinski definition) is 6. The molecule has 0 fully saturated rings. The number of sulfonamides is 1. The highest BCUT2D eigenvalue weighted by Gasteiger charge is 2.21. The molecule has 0 spiro atoms. The van der Waals surface area contributed by atoms with Crippen molar-refractivity contribution >= 4 is 21.4 Å². The summed E-state index contributed by atoms with van der Waals surface area (Å²) in [5.41, 5.74) is -0.441. The molecule has 9 heteroatoms. The van der Waals surface area contributed by atoms with E-state index in [1.54, 1.807) is 12.1 Å². The third-order valence-corrected chi connectivity index (χ3v) is 4.15. The van der Waals surface area contributed by atoms with E-state index < -0.39 is 26.4 Å². The third kappa shape index (κ3) is 3.26. The maximum Gasteiger partial charge on any atom is 0.312 e. The SMILES string of the molecule is COc1cccc(NS(=O)(=O)c2ccc(O)c([N+](=O)[O-])c2)c1. The van der Waals surface area contributed by atoms with Gasteiger partial charge in [0, 0.05) is 12.1 Å². The Balaban J connectivity index is 2.38. The molecule has 0 saturated heterocycles. The van der Waals surface area contributed by atoms with Crippen LogP contribution in [-0.2, 0) is 10.0 Å². The Hall–Kier alpha value is -2.81. The molecule has 0 radical (unpaired) electrons. The average Bonchev–Trinajstić information content (AvgIpc) is 2.46. The van der Waals surface area contributed by atoms with Crippen LogP contribution in [0.5, 0.6) is 11.5 Å². The van der Waals surface area contributed by atoms with Crippen molar-refractivity contribution in [3.63, 3.8) is 0 Å². The zero-order chi connectivity index (χ0) is 16.3. The van der Waals surface area contributed by atoms with Crippen molar-refractivity contribution in [3.8, 4) is 11.5 Å². The number of rotatable bonds is 5. The smallest absolute Gasteiger partial charge is 0.312 e. The van der Waals surface area contributed by atoms with E-state index in [4.69, 9.17) is 4.74 Å². The summed E-state index contributed by atoms with van der Waals surface area (Å²) in [7, 11) is -2.59. The maximum absolute atomic E-state index is 12.2. The molecule has 116 valence electrons. The molecule has 2 aromatic rings. The van der Waals surface area contributed by atoms with Gasteiger partial charge in [0.2, 0.25) is 0 Å². The molecule has 0 heterocycles.